The number of aryl methyl sites for hydroxylation is 1. The minimum atomic E-state index is 0.813. The third-order valence-electron chi connectivity index (χ3n) is 2.83. The average Bonchev–Trinajstić information content (AvgIpc) is 3.10. The molecule has 4 aromatic rings. The molecular weight excluding hydrogens is 296 g/mol. The molecule has 4 heterocycles. The van der Waals surface area contributed by atoms with Crippen LogP contribution in [0.5, 0.6) is 0 Å². The Hall–Kier alpha value is -1.57. The van der Waals surface area contributed by atoms with Crippen LogP contribution in [0.25, 0.3) is 26.2 Å². The first-order valence-electron chi connectivity index (χ1n) is 5.62. The van der Waals surface area contributed by atoms with Gasteiger partial charge in [0.25, 0.3) is 0 Å². The monoisotopic (exact) mass is 304 g/mol. The summed E-state index contributed by atoms with van der Waals surface area (Å²) in [5, 5.41) is 20.3. The first-order valence-corrected chi connectivity index (χ1v) is 8.26. The molecule has 0 unspecified atom stereocenters. The molecule has 0 bridgehead atoms. The van der Waals surface area contributed by atoms with Gasteiger partial charge >= 0.3 is 0 Å². The Bertz CT molecular complexity index is 838. The summed E-state index contributed by atoms with van der Waals surface area (Å²) in [6, 6.07) is 4.15. The van der Waals surface area contributed by atoms with Crippen LogP contribution in [0.15, 0.2) is 28.3 Å². The maximum Gasteiger partial charge on any atom is 0.235 e. The summed E-state index contributed by atoms with van der Waals surface area (Å²) in [7, 11) is 0. The fourth-order valence-electron chi connectivity index (χ4n) is 1.87. The molecule has 0 spiro atoms. The van der Waals surface area contributed by atoms with Gasteiger partial charge in [-0.3, -0.25) is 0 Å². The SMILES string of the molecule is Cc1ccsc1-c1nn2c(-c3ccsc3)nnc2s1. The second kappa shape index (κ2) is 4.22. The lowest BCUT2D eigenvalue weighted by atomic mass is 10.3. The summed E-state index contributed by atoms with van der Waals surface area (Å²) in [4.78, 5) is 2.05. The van der Waals surface area contributed by atoms with Crippen LogP contribution in [0.1, 0.15) is 5.56 Å². The number of fused-ring (bicyclic) bond motifs is 1. The maximum absolute atomic E-state index is 4.66. The molecule has 0 aromatic carbocycles. The van der Waals surface area contributed by atoms with Gasteiger partial charge < -0.3 is 0 Å². The highest BCUT2D eigenvalue weighted by atomic mass is 32.1. The van der Waals surface area contributed by atoms with Gasteiger partial charge in [0.15, 0.2) is 10.8 Å². The lowest BCUT2D eigenvalue weighted by Crippen LogP contribution is -1.89. The minimum absolute atomic E-state index is 0.813. The number of hydrogen-bond acceptors (Lipinski definition) is 6. The van der Waals surface area contributed by atoms with Crippen LogP contribution in [0.4, 0.5) is 0 Å². The molecule has 0 atom stereocenters. The zero-order valence-electron chi connectivity index (χ0n) is 9.90. The molecule has 0 amide bonds. The topological polar surface area (TPSA) is 43.1 Å². The van der Waals surface area contributed by atoms with Crippen LogP contribution in [0.3, 0.4) is 0 Å². The lowest BCUT2D eigenvalue weighted by Gasteiger charge is -1.92. The van der Waals surface area contributed by atoms with Gasteiger partial charge in [0.1, 0.15) is 0 Å². The maximum atomic E-state index is 4.66. The summed E-state index contributed by atoms with van der Waals surface area (Å²) in [5.74, 6) is 0.813. The van der Waals surface area contributed by atoms with Crippen molar-refractivity contribution in [2.45, 2.75) is 6.92 Å². The highest BCUT2D eigenvalue weighted by Crippen LogP contribution is 2.33. The van der Waals surface area contributed by atoms with Gasteiger partial charge in [0.2, 0.25) is 4.96 Å². The van der Waals surface area contributed by atoms with Gasteiger partial charge in [0, 0.05) is 10.9 Å². The van der Waals surface area contributed by atoms with Gasteiger partial charge in [-0.15, -0.1) is 21.5 Å². The Kier molecular flexibility index (Phi) is 2.51. The average molecular weight is 304 g/mol. The lowest BCUT2D eigenvalue weighted by molar-refractivity contribution is 0.972. The summed E-state index contributed by atoms with van der Waals surface area (Å²) in [5.41, 5.74) is 2.32. The van der Waals surface area contributed by atoms with Crippen LogP contribution >= 0.6 is 34.0 Å². The number of rotatable bonds is 2. The van der Waals surface area contributed by atoms with Gasteiger partial charge in [-0.2, -0.15) is 21.0 Å². The van der Waals surface area contributed by atoms with Crippen molar-refractivity contribution >= 4 is 39.0 Å². The summed E-state index contributed by atoms with van der Waals surface area (Å²) < 4.78 is 1.83. The van der Waals surface area contributed by atoms with E-state index < -0.39 is 0 Å². The zero-order valence-corrected chi connectivity index (χ0v) is 12.3. The van der Waals surface area contributed by atoms with E-state index >= 15 is 0 Å². The molecule has 4 rings (SSSR count). The fourth-order valence-corrected chi connectivity index (χ4v) is 4.42. The predicted molar refractivity (Wildman–Crippen MR) is 80.0 cm³/mol. The Morgan fingerprint density at radius 1 is 1.16 bits per heavy atom. The van der Waals surface area contributed by atoms with E-state index in [9.17, 15) is 0 Å². The first kappa shape index (κ1) is 11.3. The Balaban J connectivity index is 1.92. The standard InChI is InChI=1S/C12H8N4S3/c1-7-2-5-18-9(7)11-15-16-10(8-3-4-17-6-8)13-14-12(16)19-11/h2-6H,1H3. The molecule has 0 saturated carbocycles. The van der Waals surface area contributed by atoms with Crippen LogP contribution in [0.2, 0.25) is 0 Å². The van der Waals surface area contributed by atoms with Crippen molar-refractivity contribution in [3.63, 3.8) is 0 Å². The summed E-state index contributed by atoms with van der Waals surface area (Å²) >= 11 is 4.94. The molecular formula is C12H8N4S3. The molecule has 0 N–H and O–H groups in total. The van der Waals surface area contributed by atoms with E-state index in [-0.39, 0.29) is 0 Å². The number of hydrogen-bond donors (Lipinski definition) is 0. The molecule has 0 aliphatic rings. The van der Waals surface area contributed by atoms with Crippen LogP contribution < -0.4 is 0 Å². The van der Waals surface area contributed by atoms with E-state index in [2.05, 4.69) is 39.0 Å². The van der Waals surface area contributed by atoms with Crippen LogP contribution in [-0.2, 0) is 0 Å². The van der Waals surface area contributed by atoms with Crippen LogP contribution in [0, 0.1) is 6.92 Å². The second-order valence-corrected chi connectivity index (χ2v) is 6.72. The number of nitrogens with zero attached hydrogens (tertiary/aromatic N) is 4. The Morgan fingerprint density at radius 3 is 2.84 bits per heavy atom. The number of thiophene rings is 2. The Labute approximate surface area is 121 Å². The predicted octanol–water partition coefficient (Wildman–Crippen LogP) is 3.95. The normalized spacial score (nSPS) is 11.4. The molecule has 0 radical (unpaired) electrons. The molecule has 94 valence electrons. The second-order valence-electron chi connectivity index (χ2n) is 4.07. The molecule has 0 aliphatic heterocycles. The minimum Gasteiger partial charge on any atom is -0.182 e. The van der Waals surface area contributed by atoms with Crippen molar-refractivity contribution in [2.75, 3.05) is 0 Å². The summed E-state index contributed by atoms with van der Waals surface area (Å²) in [6.07, 6.45) is 0. The van der Waals surface area contributed by atoms with E-state index in [0.29, 0.717) is 0 Å². The number of aromatic nitrogens is 4. The van der Waals surface area contributed by atoms with Gasteiger partial charge in [-0.1, -0.05) is 11.3 Å². The molecule has 0 aliphatic carbocycles. The van der Waals surface area contributed by atoms with Crippen molar-refractivity contribution in [1.82, 2.24) is 19.8 Å². The first-order chi connectivity index (χ1) is 9.33. The molecule has 4 aromatic heterocycles. The third-order valence-corrected chi connectivity index (χ3v) is 5.58. The fraction of sp³-hybridized carbons (Fsp3) is 0.0833. The van der Waals surface area contributed by atoms with E-state index in [4.69, 9.17) is 0 Å². The van der Waals surface area contributed by atoms with E-state index in [1.807, 2.05) is 16.0 Å². The van der Waals surface area contributed by atoms with E-state index in [1.54, 1.807) is 34.0 Å². The van der Waals surface area contributed by atoms with Crippen LogP contribution in [-0.4, -0.2) is 19.8 Å². The molecule has 0 fully saturated rings. The smallest absolute Gasteiger partial charge is 0.182 e. The third kappa shape index (κ3) is 1.73. The molecule has 19 heavy (non-hydrogen) atoms. The Morgan fingerprint density at radius 2 is 2.11 bits per heavy atom. The zero-order chi connectivity index (χ0) is 12.8. The highest BCUT2D eigenvalue weighted by molar-refractivity contribution is 7.24. The van der Waals surface area contributed by atoms with Gasteiger partial charge in [0.05, 0.1) is 4.88 Å². The molecule has 4 nitrogen and oxygen atoms in total. The van der Waals surface area contributed by atoms with Crippen molar-refractivity contribution < 1.29 is 0 Å². The van der Waals surface area contributed by atoms with E-state index in [1.165, 1.54) is 10.4 Å². The largest absolute Gasteiger partial charge is 0.235 e. The van der Waals surface area contributed by atoms with Crippen molar-refractivity contribution in [2.24, 2.45) is 0 Å². The van der Waals surface area contributed by atoms with Gasteiger partial charge in [-0.25, -0.2) is 0 Å². The van der Waals surface area contributed by atoms with Gasteiger partial charge in [-0.05, 0) is 35.4 Å². The quantitative estimate of drug-likeness (QED) is 0.563. The molecule has 7 heteroatoms. The highest BCUT2D eigenvalue weighted by Gasteiger charge is 2.16. The van der Waals surface area contributed by atoms with Crippen molar-refractivity contribution in [3.8, 4) is 21.3 Å². The van der Waals surface area contributed by atoms with Crippen molar-refractivity contribution in [1.29, 1.82) is 0 Å². The molecule has 0 saturated heterocycles. The summed E-state index contributed by atoms with van der Waals surface area (Å²) in [6.45, 7) is 2.11. The van der Waals surface area contributed by atoms with E-state index in [0.717, 1.165) is 21.4 Å². The van der Waals surface area contributed by atoms with Crippen molar-refractivity contribution in [3.05, 3.63) is 33.8 Å².